The first-order chi connectivity index (χ1) is 15.5. The Balaban J connectivity index is 1.37. The van der Waals surface area contributed by atoms with Crippen LogP contribution in [-0.4, -0.2) is 48.0 Å². The molecule has 1 saturated heterocycles. The Morgan fingerprint density at radius 1 is 1.12 bits per heavy atom. The zero-order valence-electron chi connectivity index (χ0n) is 17.8. The fourth-order valence-electron chi connectivity index (χ4n) is 3.58. The van der Waals surface area contributed by atoms with Crippen LogP contribution in [0.2, 0.25) is 5.02 Å². The third-order valence-corrected chi connectivity index (χ3v) is 5.72. The average molecular weight is 454 g/mol. The Morgan fingerprint density at radius 3 is 2.69 bits per heavy atom. The number of halogens is 1. The second kappa shape index (κ2) is 9.97. The predicted octanol–water partition coefficient (Wildman–Crippen LogP) is 4.35. The van der Waals surface area contributed by atoms with Gasteiger partial charge in [-0.25, -0.2) is 4.98 Å². The van der Waals surface area contributed by atoms with E-state index < -0.39 is 0 Å². The van der Waals surface area contributed by atoms with Crippen LogP contribution in [0, 0.1) is 6.92 Å². The molecular formula is C24H24ClN3O4. The smallest absolute Gasteiger partial charge is 0.254 e. The van der Waals surface area contributed by atoms with Crippen molar-refractivity contribution in [3.8, 4) is 11.3 Å². The first-order valence-electron chi connectivity index (χ1n) is 10.5. The summed E-state index contributed by atoms with van der Waals surface area (Å²) in [5.41, 5.74) is 2.71. The SMILES string of the molecule is Cc1c(NC(=O)CCc2ncc(-c3ccccc3Cl)o2)cccc1C(=O)N1CCOCC1. The van der Waals surface area contributed by atoms with Crippen molar-refractivity contribution in [1.82, 2.24) is 9.88 Å². The third kappa shape index (κ3) is 5.00. The van der Waals surface area contributed by atoms with Gasteiger partial charge in [0.25, 0.3) is 5.91 Å². The molecule has 0 radical (unpaired) electrons. The molecule has 1 aromatic heterocycles. The Hall–Kier alpha value is -3.16. The largest absolute Gasteiger partial charge is 0.441 e. The molecule has 0 unspecified atom stereocenters. The number of nitrogens with zero attached hydrogens (tertiary/aromatic N) is 2. The number of oxazole rings is 1. The maximum Gasteiger partial charge on any atom is 0.254 e. The van der Waals surface area contributed by atoms with Crippen LogP contribution in [0.3, 0.4) is 0 Å². The summed E-state index contributed by atoms with van der Waals surface area (Å²) >= 11 is 6.20. The van der Waals surface area contributed by atoms with E-state index in [1.807, 2.05) is 25.1 Å². The van der Waals surface area contributed by atoms with Gasteiger partial charge in [0.15, 0.2) is 11.7 Å². The highest BCUT2D eigenvalue weighted by Crippen LogP contribution is 2.28. The van der Waals surface area contributed by atoms with Crippen LogP contribution in [0.1, 0.15) is 28.2 Å². The molecule has 1 N–H and O–H groups in total. The van der Waals surface area contributed by atoms with Crippen molar-refractivity contribution in [3.63, 3.8) is 0 Å². The number of hydrogen-bond donors (Lipinski definition) is 1. The van der Waals surface area contributed by atoms with Crippen LogP contribution < -0.4 is 5.32 Å². The van der Waals surface area contributed by atoms with E-state index in [-0.39, 0.29) is 18.2 Å². The number of aryl methyl sites for hydroxylation is 1. The molecule has 0 spiro atoms. The lowest BCUT2D eigenvalue weighted by Crippen LogP contribution is -2.41. The lowest BCUT2D eigenvalue weighted by molar-refractivity contribution is -0.116. The minimum atomic E-state index is -0.179. The summed E-state index contributed by atoms with van der Waals surface area (Å²) in [6, 6.07) is 12.7. The molecule has 1 fully saturated rings. The molecule has 2 amide bonds. The van der Waals surface area contributed by atoms with E-state index in [0.717, 1.165) is 11.1 Å². The number of carbonyl (C=O) groups excluding carboxylic acids is 2. The van der Waals surface area contributed by atoms with Gasteiger partial charge in [0.1, 0.15) is 0 Å². The minimum absolute atomic E-state index is 0.0474. The number of morpholine rings is 1. The molecule has 1 aliphatic heterocycles. The predicted molar refractivity (Wildman–Crippen MR) is 122 cm³/mol. The minimum Gasteiger partial charge on any atom is -0.441 e. The maximum atomic E-state index is 12.8. The van der Waals surface area contributed by atoms with E-state index in [4.69, 9.17) is 20.8 Å². The van der Waals surface area contributed by atoms with Gasteiger partial charge in [0, 0.05) is 42.7 Å². The van der Waals surface area contributed by atoms with Crippen LogP contribution in [-0.2, 0) is 16.0 Å². The van der Waals surface area contributed by atoms with Crippen LogP contribution >= 0.6 is 11.6 Å². The number of rotatable bonds is 6. The summed E-state index contributed by atoms with van der Waals surface area (Å²) in [5.74, 6) is 0.801. The molecule has 4 rings (SSSR count). The molecule has 0 atom stereocenters. The number of nitrogens with one attached hydrogen (secondary N) is 1. The van der Waals surface area contributed by atoms with Crippen molar-refractivity contribution in [2.24, 2.45) is 0 Å². The van der Waals surface area contributed by atoms with Gasteiger partial charge in [-0.1, -0.05) is 29.8 Å². The van der Waals surface area contributed by atoms with Crippen molar-refractivity contribution >= 4 is 29.1 Å². The van der Waals surface area contributed by atoms with Crippen molar-refractivity contribution in [3.05, 3.63) is 70.7 Å². The first-order valence-corrected chi connectivity index (χ1v) is 10.9. The second-order valence-corrected chi connectivity index (χ2v) is 7.94. The average Bonchev–Trinajstić information content (AvgIpc) is 3.28. The molecule has 166 valence electrons. The normalized spacial score (nSPS) is 13.8. The zero-order chi connectivity index (χ0) is 22.5. The highest BCUT2D eigenvalue weighted by atomic mass is 35.5. The molecular weight excluding hydrogens is 430 g/mol. The van der Waals surface area contributed by atoms with Crippen molar-refractivity contribution in [2.75, 3.05) is 31.6 Å². The van der Waals surface area contributed by atoms with Crippen molar-refractivity contribution in [1.29, 1.82) is 0 Å². The van der Waals surface area contributed by atoms with Crippen LogP contribution in [0.4, 0.5) is 5.69 Å². The van der Waals surface area contributed by atoms with E-state index in [1.165, 1.54) is 0 Å². The Kier molecular flexibility index (Phi) is 6.87. The van der Waals surface area contributed by atoms with Crippen LogP contribution in [0.25, 0.3) is 11.3 Å². The Morgan fingerprint density at radius 2 is 1.91 bits per heavy atom. The van der Waals surface area contributed by atoms with E-state index >= 15 is 0 Å². The van der Waals surface area contributed by atoms with Gasteiger partial charge < -0.3 is 19.4 Å². The topological polar surface area (TPSA) is 84.7 Å². The molecule has 32 heavy (non-hydrogen) atoms. The van der Waals surface area contributed by atoms with Crippen molar-refractivity contribution < 1.29 is 18.7 Å². The monoisotopic (exact) mass is 453 g/mol. The highest BCUT2D eigenvalue weighted by molar-refractivity contribution is 6.33. The third-order valence-electron chi connectivity index (χ3n) is 5.40. The molecule has 7 nitrogen and oxygen atoms in total. The summed E-state index contributed by atoms with van der Waals surface area (Å²) in [4.78, 5) is 31.4. The fourth-order valence-corrected chi connectivity index (χ4v) is 3.81. The van der Waals surface area contributed by atoms with Gasteiger partial charge in [0.05, 0.1) is 24.4 Å². The quantitative estimate of drug-likeness (QED) is 0.599. The van der Waals surface area contributed by atoms with Gasteiger partial charge in [-0.3, -0.25) is 9.59 Å². The maximum absolute atomic E-state index is 12.8. The van der Waals surface area contributed by atoms with E-state index in [1.54, 1.807) is 35.4 Å². The number of amides is 2. The summed E-state index contributed by atoms with van der Waals surface area (Å²) in [6.07, 6.45) is 2.16. The number of benzene rings is 2. The number of carbonyl (C=O) groups is 2. The Labute approximate surface area is 191 Å². The first kappa shape index (κ1) is 22.0. The number of anilines is 1. The van der Waals surface area contributed by atoms with Gasteiger partial charge in [-0.15, -0.1) is 0 Å². The second-order valence-electron chi connectivity index (χ2n) is 7.53. The van der Waals surface area contributed by atoms with Crippen LogP contribution in [0.5, 0.6) is 0 Å². The summed E-state index contributed by atoms with van der Waals surface area (Å²) in [7, 11) is 0. The van der Waals surface area contributed by atoms with Crippen LogP contribution in [0.15, 0.2) is 53.1 Å². The zero-order valence-corrected chi connectivity index (χ0v) is 18.5. The van der Waals surface area contributed by atoms with Gasteiger partial charge >= 0.3 is 0 Å². The molecule has 0 bridgehead atoms. The van der Waals surface area contributed by atoms with E-state index in [0.29, 0.717) is 60.6 Å². The number of aromatic nitrogens is 1. The fraction of sp³-hybridized carbons (Fsp3) is 0.292. The summed E-state index contributed by atoms with van der Waals surface area (Å²) in [6.45, 7) is 4.07. The molecule has 0 saturated carbocycles. The number of hydrogen-bond acceptors (Lipinski definition) is 5. The number of ether oxygens (including phenoxy) is 1. The van der Waals surface area contributed by atoms with E-state index in [9.17, 15) is 9.59 Å². The van der Waals surface area contributed by atoms with Crippen molar-refractivity contribution in [2.45, 2.75) is 19.8 Å². The van der Waals surface area contributed by atoms with Gasteiger partial charge in [-0.2, -0.15) is 0 Å². The lowest BCUT2D eigenvalue weighted by atomic mass is 10.0. The molecule has 2 aromatic carbocycles. The molecule has 1 aliphatic rings. The highest BCUT2D eigenvalue weighted by Gasteiger charge is 2.21. The molecule has 8 heteroatoms. The lowest BCUT2D eigenvalue weighted by Gasteiger charge is -2.27. The summed E-state index contributed by atoms with van der Waals surface area (Å²) in [5, 5.41) is 3.48. The van der Waals surface area contributed by atoms with E-state index in [2.05, 4.69) is 10.3 Å². The van der Waals surface area contributed by atoms with Gasteiger partial charge in [-0.05, 0) is 36.8 Å². The molecule has 0 aliphatic carbocycles. The standard InChI is InChI=1S/C24H24ClN3O4/c1-16-17(24(30)28-11-13-31-14-12-28)6-4-8-20(16)27-22(29)9-10-23-26-15-21(32-23)18-5-2-3-7-19(18)25/h2-8,15H,9-14H2,1H3,(H,27,29). The van der Waals surface area contributed by atoms with Gasteiger partial charge in [0.2, 0.25) is 5.91 Å². The molecule has 3 aromatic rings. The summed E-state index contributed by atoms with van der Waals surface area (Å²) < 4.78 is 11.1. The Bertz CT molecular complexity index is 1120. The molecule has 2 heterocycles.